The van der Waals surface area contributed by atoms with Crippen LogP contribution in [0.2, 0.25) is 5.02 Å². The van der Waals surface area contributed by atoms with Crippen LogP contribution in [0.3, 0.4) is 0 Å². The second kappa shape index (κ2) is 8.97. The van der Waals surface area contributed by atoms with Crippen LogP contribution in [0.4, 0.5) is 0 Å². The zero-order valence-corrected chi connectivity index (χ0v) is 17.7. The van der Waals surface area contributed by atoms with E-state index in [1.54, 1.807) is 12.4 Å². The number of nitrogens with zero attached hydrogens (tertiary/aromatic N) is 5. The molecule has 8 heteroatoms. The number of aromatic nitrogens is 4. The van der Waals surface area contributed by atoms with E-state index in [0.717, 1.165) is 30.6 Å². The third-order valence-electron chi connectivity index (χ3n) is 5.10. The van der Waals surface area contributed by atoms with Crippen molar-refractivity contribution in [1.29, 1.82) is 0 Å². The lowest BCUT2D eigenvalue weighted by Crippen LogP contribution is -2.42. The third-order valence-corrected chi connectivity index (χ3v) is 6.27. The van der Waals surface area contributed by atoms with Crippen molar-refractivity contribution in [2.24, 2.45) is 0 Å². The van der Waals surface area contributed by atoms with Crippen molar-refractivity contribution < 1.29 is 4.79 Å². The number of thioether (sulfide) groups is 1. The highest BCUT2D eigenvalue weighted by atomic mass is 35.5. The summed E-state index contributed by atoms with van der Waals surface area (Å²) in [5.41, 5.74) is 1.80. The fourth-order valence-corrected chi connectivity index (χ4v) is 4.52. The van der Waals surface area contributed by atoms with Crippen LogP contribution in [-0.2, 0) is 4.79 Å². The zero-order chi connectivity index (χ0) is 20.2. The lowest BCUT2D eigenvalue weighted by Gasteiger charge is -2.33. The van der Waals surface area contributed by atoms with Crippen LogP contribution in [-0.4, -0.2) is 48.9 Å². The Morgan fingerprint density at radius 3 is 2.62 bits per heavy atom. The highest BCUT2D eigenvalue weighted by Gasteiger charge is 2.24. The van der Waals surface area contributed by atoms with Gasteiger partial charge < -0.3 is 4.90 Å². The summed E-state index contributed by atoms with van der Waals surface area (Å²) < 4.78 is 1.96. The molecule has 1 fully saturated rings. The first-order chi connectivity index (χ1) is 14.1. The van der Waals surface area contributed by atoms with E-state index in [1.165, 1.54) is 18.2 Å². The number of benzene rings is 1. The molecule has 0 N–H and O–H groups in total. The lowest BCUT2D eigenvalue weighted by atomic mass is 10.0. The third kappa shape index (κ3) is 4.46. The fraction of sp³-hybridized carbons (Fsp3) is 0.333. The van der Waals surface area contributed by atoms with Gasteiger partial charge in [0.2, 0.25) is 5.91 Å². The second-order valence-corrected chi connectivity index (χ2v) is 8.45. The number of piperidine rings is 1. The van der Waals surface area contributed by atoms with Gasteiger partial charge in [0.15, 0.2) is 11.0 Å². The van der Waals surface area contributed by atoms with Gasteiger partial charge in [0.1, 0.15) is 0 Å². The average Bonchev–Trinajstić information content (AvgIpc) is 3.17. The Morgan fingerprint density at radius 2 is 1.90 bits per heavy atom. The molecule has 1 amide bonds. The molecule has 1 atom stereocenters. The number of rotatable bonds is 5. The molecule has 1 saturated heterocycles. The maximum Gasteiger partial charge on any atom is 0.233 e. The Labute approximate surface area is 179 Å². The molecule has 1 aliphatic heterocycles. The summed E-state index contributed by atoms with van der Waals surface area (Å²) in [7, 11) is 0. The highest BCUT2D eigenvalue weighted by molar-refractivity contribution is 7.99. The molecule has 2 aromatic heterocycles. The number of hydrogen-bond donors (Lipinski definition) is 0. The molecule has 4 rings (SSSR count). The normalized spacial score (nSPS) is 16.8. The van der Waals surface area contributed by atoms with Crippen LogP contribution in [0.15, 0.2) is 53.9 Å². The summed E-state index contributed by atoms with van der Waals surface area (Å²) in [6.07, 6.45) is 6.80. The van der Waals surface area contributed by atoms with E-state index in [0.29, 0.717) is 27.8 Å². The Bertz CT molecular complexity index is 976. The number of carbonyl (C=O) groups is 1. The Morgan fingerprint density at radius 1 is 1.14 bits per heavy atom. The number of carbonyl (C=O) groups excluding carboxylic acids is 1. The summed E-state index contributed by atoms with van der Waals surface area (Å²) in [5.74, 6) is 1.20. The molecule has 1 aromatic carbocycles. The number of halogens is 1. The summed E-state index contributed by atoms with van der Waals surface area (Å²) >= 11 is 7.48. The minimum atomic E-state index is 0.151. The van der Waals surface area contributed by atoms with Gasteiger partial charge >= 0.3 is 0 Å². The van der Waals surface area contributed by atoms with Gasteiger partial charge in [-0.2, -0.15) is 0 Å². The van der Waals surface area contributed by atoms with Crippen molar-refractivity contribution in [3.8, 4) is 17.1 Å². The van der Waals surface area contributed by atoms with Crippen LogP contribution in [0.25, 0.3) is 17.1 Å². The van der Waals surface area contributed by atoms with E-state index in [1.807, 2.05) is 45.9 Å². The van der Waals surface area contributed by atoms with Crippen molar-refractivity contribution in [3.63, 3.8) is 0 Å². The average molecular weight is 428 g/mol. The number of amides is 1. The topological polar surface area (TPSA) is 63.9 Å². The van der Waals surface area contributed by atoms with Crippen molar-refractivity contribution in [1.82, 2.24) is 24.6 Å². The molecule has 6 nitrogen and oxygen atoms in total. The van der Waals surface area contributed by atoms with Gasteiger partial charge in [0.05, 0.1) is 5.75 Å². The van der Waals surface area contributed by atoms with Gasteiger partial charge in [-0.1, -0.05) is 23.4 Å². The minimum Gasteiger partial charge on any atom is -0.339 e. The maximum absolute atomic E-state index is 12.8. The Balaban J connectivity index is 1.62. The van der Waals surface area contributed by atoms with E-state index < -0.39 is 0 Å². The van der Waals surface area contributed by atoms with Crippen LogP contribution in [0, 0.1) is 0 Å². The minimum absolute atomic E-state index is 0.151. The molecule has 1 aliphatic rings. The molecule has 0 unspecified atom stereocenters. The van der Waals surface area contributed by atoms with E-state index in [4.69, 9.17) is 11.6 Å². The maximum atomic E-state index is 12.8. The number of likely N-dealkylation sites (tertiary alicyclic amines) is 1. The van der Waals surface area contributed by atoms with E-state index in [2.05, 4.69) is 22.1 Å². The monoisotopic (exact) mass is 427 g/mol. The molecule has 0 aliphatic carbocycles. The predicted octanol–water partition coefficient (Wildman–Crippen LogP) is 4.48. The number of hydrogen-bond acceptors (Lipinski definition) is 5. The summed E-state index contributed by atoms with van der Waals surface area (Å²) in [6, 6.07) is 11.6. The molecule has 0 radical (unpaired) electrons. The van der Waals surface area contributed by atoms with Gasteiger partial charge in [-0.3, -0.25) is 14.3 Å². The number of pyridine rings is 1. The predicted molar refractivity (Wildman–Crippen MR) is 115 cm³/mol. The van der Waals surface area contributed by atoms with Crippen LogP contribution < -0.4 is 0 Å². The molecule has 29 heavy (non-hydrogen) atoms. The molecule has 0 saturated carbocycles. The molecule has 3 aromatic rings. The van der Waals surface area contributed by atoms with Crippen molar-refractivity contribution >= 4 is 29.3 Å². The SMILES string of the molecule is C[C@@H]1CCCCN1C(=O)CSc1nnc(-c2ccncc2)n1-c1ccc(Cl)cc1. The van der Waals surface area contributed by atoms with Gasteiger partial charge in [0.25, 0.3) is 0 Å². The first-order valence-electron chi connectivity index (χ1n) is 9.67. The molecule has 3 heterocycles. The first-order valence-corrected chi connectivity index (χ1v) is 11.0. The molecule has 150 valence electrons. The Kier molecular flexibility index (Phi) is 6.16. The summed E-state index contributed by atoms with van der Waals surface area (Å²) in [4.78, 5) is 18.8. The first kappa shape index (κ1) is 19.9. The van der Waals surface area contributed by atoms with Crippen molar-refractivity contribution in [2.45, 2.75) is 37.4 Å². The largest absolute Gasteiger partial charge is 0.339 e. The van der Waals surface area contributed by atoms with E-state index in [9.17, 15) is 4.79 Å². The summed E-state index contributed by atoms with van der Waals surface area (Å²) in [6.45, 7) is 2.96. The standard InChI is InChI=1S/C21H22ClN5OS/c1-15-4-2-3-13-26(15)19(28)14-29-21-25-24-20(16-9-11-23-12-10-16)27(21)18-7-5-17(22)6-8-18/h5-12,15H,2-4,13-14H2,1H3/t15-/m1/s1. The van der Waals surface area contributed by atoms with Gasteiger partial charge in [-0.25, -0.2) is 0 Å². The molecule has 0 spiro atoms. The van der Waals surface area contributed by atoms with Crippen LogP contribution >= 0.6 is 23.4 Å². The Hall–Kier alpha value is -2.38. The van der Waals surface area contributed by atoms with Crippen LogP contribution in [0.1, 0.15) is 26.2 Å². The second-order valence-electron chi connectivity index (χ2n) is 7.07. The zero-order valence-electron chi connectivity index (χ0n) is 16.2. The van der Waals surface area contributed by atoms with Gasteiger partial charge in [-0.15, -0.1) is 10.2 Å². The summed E-state index contributed by atoms with van der Waals surface area (Å²) in [5, 5.41) is 10.1. The molecule has 0 bridgehead atoms. The fourth-order valence-electron chi connectivity index (χ4n) is 3.55. The van der Waals surface area contributed by atoms with Gasteiger partial charge in [0, 0.05) is 41.3 Å². The smallest absolute Gasteiger partial charge is 0.233 e. The quantitative estimate of drug-likeness (QED) is 0.562. The molecular weight excluding hydrogens is 406 g/mol. The van der Waals surface area contributed by atoms with E-state index in [-0.39, 0.29) is 5.91 Å². The molecular formula is C21H22ClN5OS. The van der Waals surface area contributed by atoms with Crippen LogP contribution in [0.5, 0.6) is 0 Å². The lowest BCUT2D eigenvalue weighted by molar-refractivity contribution is -0.131. The van der Waals surface area contributed by atoms with Gasteiger partial charge in [-0.05, 0) is 62.6 Å². The van der Waals surface area contributed by atoms with Crippen molar-refractivity contribution in [3.05, 3.63) is 53.8 Å². The van der Waals surface area contributed by atoms with E-state index >= 15 is 0 Å². The highest BCUT2D eigenvalue weighted by Crippen LogP contribution is 2.29. The van der Waals surface area contributed by atoms with Crippen molar-refractivity contribution in [2.75, 3.05) is 12.3 Å².